The van der Waals surface area contributed by atoms with Crippen LogP contribution in [0.1, 0.15) is 64.7 Å². The van der Waals surface area contributed by atoms with Gasteiger partial charge in [0.1, 0.15) is 5.58 Å². The summed E-state index contributed by atoms with van der Waals surface area (Å²) in [6.45, 7) is 10.9. The molecule has 1 aliphatic heterocycles. The van der Waals surface area contributed by atoms with Gasteiger partial charge in [-0.3, -0.25) is 9.59 Å². The highest BCUT2D eigenvalue weighted by atomic mass is 16.5. The average Bonchev–Trinajstić information content (AvgIpc) is 2.97. The summed E-state index contributed by atoms with van der Waals surface area (Å²) in [7, 11) is 0. The minimum atomic E-state index is -0.455. The molecule has 0 radical (unpaired) electrons. The summed E-state index contributed by atoms with van der Waals surface area (Å²) in [6, 6.07) is 11.4. The van der Waals surface area contributed by atoms with Gasteiger partial charge >= 0.3 is 0 Å². The van der Waals surface area contributed by atoms with Crippen LogP contribution >= 0.6 is 0 Å². The van der Waals surface area contributed by atoms with Crippen LogP contribution < -0.4 is 5.43 Å². The van der Waals surface area contributed by atoms with Gasteiger partial charge in [0.05, 0.1) is 23.1 Å². The van der Waals surface area contributed by atoms with Crippen LogP contribution in [0.5, 0.6) is 0 Å². The van der Waals surface area contributed by atoms with Crippen LogP contribution in [-0.4, -0.2) is 30.1 Å². The molecule has 0 spiro atoms. The topological polar surface area (TPSA) is 59.8 Å². The Morgan fingerprint density at radius 1 is 1.03 bits per heavy atom. The highest BCUT2D eigenvalue weighted by Gasteiger charge is 2.42. The molecule has 2 aromatic carbocycles. The van der Waals surface area contributed by atoms with Gasteiger partial charge in [-0.2, -0.15) is 0 Å². The molecule has 0 unspecified atom stereocenters. The minimum absolute atomic E-state index is 0.117. The summed E-state index contributed by atoms with van der Waals surface area (Å²) in [4.78, 5) is 28.8. The summed E-state index contributed by atoms with van der Waals surface area (Å²) < 4.78 is 11.7. The molecular formula is C26H29NO4. The number of aryl methyl sites for hydroxylation is 3. The van der Waals surface area contributed by atoms with E-state index in [2.05, 4.69) is 0 Å². The maximum absolute atomic E-state index is 13.6. The van der Waals surface area contributed by atoms with Crippen molar-refractivity contribution >= 4 is 16.9 Å². The average molecular weight is 420 g/mol. The molecule has 0 fully saturated rings. The van der Waals surface area contributed by atoms with Crippen LogP contribution in [0, 0.1) is 20.8 Å². The Balaban J connectivity index is 1.85. The minimum Gasteiger partial charge on any atom is -0.450 e. The molecule has 1 amide bonds. The summed E-state index contributed by atoms with van der Waals surface area (Å²) in [5.74, 6) is -0.0684. The second-order valence-corrected chi connectivity index (χ2v) is 8.71. The van der Waals surface area contributed by atoms with E-state index in [0.29, 0.717) is 36.1 Å². The Morgan fingerprint density at radius 2 is 1.74 bits per heavy atom. The van der Waals surface area contributed by atoms with E-state index < -0.39 is 6.04 Å². The van der Waals surface area contributed by atoms with Crippen molar-refractivity contribution in [3.8, 4) is 0 Å². The van der Waals surface area contributed by atoms with Crippen molar-refractivity contribution in [3.63, 3.8) is 0 Å². The number of hydrogen-bond acceptors (Lipinski definition) is 4. The number of carbonyl (C=O) groups excluding carboxylic acids is 1. The standard InChI is InChI=1S/C26H29NO4/c1-15(2)30-12-6-11-27-23(19-9-7-16(3)8-10-19)22-24(28)21-18(5)13-17(4)14-20(21)31-25(22)26(27)29/h7-10,13-15,23H,6,11-12H2,1-5H3/t23-/m1/s1. The van der Waals surface area contributed by atoms with E-state index >= 15 is 0 Å². The van der Waals surface area contributed by atoms with Gasteiger partial charge in [0.15, 0.2) is 5.43 Å². The Morgan fingerprint density at radius 3 is 2.42 bits per heavy atom. The molecule has 0 aliphatic carbocycles. The number of ether oxygens (including phenoxy) is 1. The van der Waals surface area contributed by atoms with E-state index in [4.69, 9.17) is 9.15 Å². The summed E-state index contributed by atoms with van der Waals surface area (Å²) in [6.07, 6.45) is 0.825. The zero-order valence-corrected chi connectivity index (χ0v) is 18.8. The number of carbonyl (C=O) groups is 1. The SMILES string of the molecule is Cc1ccc([C@@H]2c3c(oc4cc(C)cc(C)c4c3=O)C(=O)N2CCCOC(C)C)cc1. The van der Waals surface area contributed by atoms with E-state index in [0.717, 1.165) is 22.3 Å². The molecule has 1 aliphatic rings. The molecule has 162 valence electrons. The third-order valence-electron chi connectivity index (χ3n) is 5.80. The van der Waals surface area contributed by atoms with Gasteiger partial charge in [0.25, 0.3) is 5.91 Å². The third-order valence-corrected chi connectivity index (χ3v) is 5.80. The van der Waals surface area contributed by atoms with E-state index in [-0.39, 0.29) is 23.2 Å². The van der Waals surface area contributed by atoms with Crippen LogP contribution in [-0.2, 0) is 4.74 Å². The van der Waals surface area contributed by atoms with Crippen LogP contribution in [0.25, 0.3) is 11.0 Å². The largest absolute Gasteiger partial charge is 0.450 e. The number of benzene rings is 2. The fourth-order valence-corrected chi connectivity index (χ4v) is 4.39. The van der Waals surface area contributed by atoms with Gasteiger partial charge in [-0.05, 0) is 63.8 Å². The third kappa shape index (κ3) is 3.90. The number of hydrogen-bond donors (Lipinski definition) is 0. The van der Waals surface area contributed by atoms with Gasteiger partial charge < -0.3 is 14.1 Å². The molecule has 0 N–H and O–H groups in total. The molecule has 2 heterocycles. The van der Waals surface area contributed by atoms with Crippen molar-refractivity contribution < 1.29 is 13.9 Å². The number of nitrogens with zero attached hydrogens (tertiary/aromatic N) is 1. The fraction of sp³-hybridized carbons (Fsp3) is 0.385. The van der Waals surface area contributed by atoms with Crippen molar-refractivity contribution in [2.24, 2.45) is 0 Å². The predicted molar refractivity (Wildman–Crippen MR) is 122 cm³/mol. The Labute approximate surface area is 182 Å². The lowest BCUT2D eigenvalue weighted by molar-refractivity contribution is 0.0593. The molecule has 3 aromatic rings. The van der Waals surface area contributed by atoms with Crippen LogP contribution in [0.3, 0.4) is 0 Å². The molecule has 31 heavy (non-hydrogen) atoms. The Bertz CT molecular complexity index is 1190. The molecule has 0 saturated carbocycles. The molecule has 1 aromatic heterocycles. The lowest BCUT2D eigenvalue weighted by atomic mass is 9.96. The van der Waals surface area contributed by atoms with Gasteiger partial charge in [-0.15, -0.1) is 0 Å². The molecule has 0 bridgehead atoms. The van der Waals surface area contributed by atoms with Crippen molar-refractivity contribution in [1.82, 2.24) is 4.90 Å². The first-order chi connectivity index (χ1) is 14.8. The summed E-state index contributed by atoms with van der Waals surface area (Å²) in [5, 5.41) is 0.555. The van der Waals surface area contributed by atoms with Crippen molar-refractivity contribution in [1.29, 1.82) is 0 Å². The molecular weight excluding hydrogens is 390 g/mol. The van der Waals surface area contributed by atoms with Crippen molar-refractivity contribution in [3.05, 3.63) is 80.2 Å². The second-order valence-electron chi connectivity index (χ2n) is 8.71. The van der Waals surface area contributed by atoms with E-state index in [9.17, 15) is 9.59 Å². The van der Waals surface area contributed by atoms with Crippen molar-refractivity contribution in [2.75, 3.05) is 13.2 Å². The zero-order valence-electron chi connectivity index (χ0n) is 18.8. The van der Waals surface area contributed by atoms with E-state index in [1.165, 1.54) is 0 Å². The monoisotopic (exact) mass is 419 g/mol. The maximum Gasteiger partial charge on any atom is 0.290 e. The van der Waals surface area contributed by atoms with E-state index in [1.54, 1.807) is 4.90 Å². The van der Waals surface area contributed by atoms with Gasteiger partial charge in [0, 0.05) is 13.2 Å². The smallest absolute Gasteiger partial charge is 0.290 e. The first-order valence-corrected chi connectivity index (χ1v) is 10.8. The lowest BCUT2D eigenvalue weighted by Gasteiger charge is -2.25. The lowest BCUT2D eigenvalue weighted by Crippen LogP contribution is -2.31. The Kier molecular flexibility index (Phi) is 5.71. The number of amides is 1. The summed E-state index contributed by atoms with van der Waals surface area (Å²) in [5.41, 5.74) is 4.71. The van der Waals surface area contributed by atoms with E-state index in [1.807, 2.05) is 71.0 Å². The summed E-state index contributed by atoms with van der Waals surface area (Å²) >= 11 is 0. The quantitative estimate of drug-likeness (QED) is 0.523. The predicted octanol–water partition coefficient (Wildman–Crippen LogP) is 5.08. The molecule has 1 atom stereocenters. The Hall–Kier alpha value is -2.92. The van der Waals surface area contributed by atoms with Crippen LogP contribution in [0.15, 0.2) is 45.6 Å². The zero-order chi connectivity index (χ0) is 22.3. The molecule has 4 rings (SSSR count). The first-order valence-electron chi connectivity index (χ1n) is 10.8. The van der Waals surface area contributed by atoms with Crippen LogP contribution in [0.2, 0.25) is 0 Å². The van der Waals surface area contributed by atoms with Gasteiger partial charge in [-0.1, -0.05) is 35.9 Å². The van der Waals surface area contributed by atoms with Gasteiger partial charge in [0.2, 0.25) is 5.76 Å². The highest BCUT2D eigenvalue weighted by molar-refractivity contribution is 5.99. The fourth-order valence-electron chi connectivity index (χ4n) is 4.39. The number of fused-ring (bicyclic) bond motifs is 2. The second kappa shape index (κ2) is 8.31. The highest BCUT2D eigenvalue weighted by Crippen LogP contribution is 2.38. The van der Waals surface area contributed by atoms with Crippen molar-refractivity contribution in [2.45, 2.75) is 53.2 Å². The number of rotatable bonds is 6. The molecule has 5 heteroatoms. The van der Waals surface area contributed by atoms with Crippen LogP contribution in [0.4, 0.5) is 0 Å². The molecule has 5 nitrogen and oxygen atoms in total. The first kappa shape index (κ1) is 21.3. The maximum atomic E-state index is 13.6. The van der Waals surface area contributed by atoms with Gasteiger partial charge in [-0.25, -0.2) is 0 Å². The molecule has 0 saturated heterocycles. The normalized spacial score (nSPS) is 15.9.